The average molecular weight is 306 g/mol. The highest BCUT2D eigenvalue weighted by Crippen LogP contribution is 2.34. The Labute approximate surface area is 127 Å². The zero-order chi connectivity index (χ0) is 13.9. The van der Waals surface area contributed by atoms with Crippen LogP contribution in [0.15, 0.2) is 30.3 Å². The van der Waals surface area contributed by atoms with Crippen molar-refractivity contribution in [2.24, 2.45) is 0 Å². The van der Waals surface area contributed by atoms with E-state index >= 15 is 0 Å². The lowest BCUT2D eigenvalue weighted by Gasteiger charge is -2.30. The minimum absolute atomic E-state index is 0.0556. The molecular formula is C15H18N2OS2. The minimum atomic E-state index is 0.0556. The fourth-order valence-electron chi connectivity index (χ4n) is 2.40. The van der Waals surface area contributed by atoms with Crippen LogP contribution in [0.3, 0.4) is 0 Å². The van der Waals surface area contributed by atoms with E-state index in [-0.39, 0.29) is 6.61 Å². The lowest BCUT2D eigenvalue weighted by atomic mass is 10.1. The van der Waals surface area contributed by atoms with E-state index in [2.05, 4.69) is 11.8 Å². The number of nitrogens with zero attached hydrogens (tertiary/aromatic N) is 2. The van der Waals surface area contributed by atoms with E-state index in [1.165, 1.54) is 0 Å². The van der Waals surface area contributed by atoms with E-state index in [9.17, 15) is 5.11 Å². The Morgan fingerprint density at radius 2 is 2.15 bits per heavy atom. The quantitative estimate of drug-likeness (QED) is 0.944. The fraction of sp³-hybridized carbons (Fsp3) is 0.400. The van der Waals surface area contributed by atoms with Crippen LogP contribution in [0.5, 0.6) is 0 Å². The highest BCUT2D eigenvalue weighted by atomic mass is 32.2. The fourth-order valence-corrected chi connectivity index (χ4v) is 4.39. The van der Waals surface area contributed by atoms with Gasteiger partial charge in [-0.3, -0.25) is 0 Å². The summed E-state index contributed by atoms with van der Waals surface area (Å²) in [6, 6.07) is 10.1. The molecule has 1 aromatic carbocycles. The third-order valence-electron chi connectivity index (χ3n) is 3.39. The van der Waals surface area contributed by atoms with Crippen LogP contribution in [-0.4, -0.2) is 34.2 Å². The van der Waals surface area contributed by atoms with Crippen LogP contribution in [-0.2, 0) is 6.61 Å². The Kier molecular flexibility index (Phi) is 4.29. The highest BCUT2D eigenvalue weighted by molar-refractivity contribution is 8.00. The molecule has 0 saturated carbocycles. The van der Waals surface area contributed by atoms with Crippen molar-refractivity contribution in [2.45, 2.75) is 18.8 Å². The largest absolute Gasteiger partial charge is 0.391 e. The Balaban J connectivity index is 1.92. The summed E-state index contributed by atoms with van der Waals surface area (Å²) >= 11 is 3.63. The van der Waals surface area contributed by atoms with Crippen LogP contribution in [0, 0.1) is 0 Å². The minimum Gasteiger partial charge on any atom is -0.391 e. The van der Waals surface area contributed by atoms with Crippen LogP contribution >= 0.6 is 23.1 Å². The van der Waals surface area contributed by atoms with E-state index in [1.54, 1.807) is 11.3 Å². The van der Waals surface area contributed by atoms with Crippen LogP contribution in [0.4, 0.5) is 5.13 Å². The molecule has 1 unspecified atom stereocenters. The summed E-state index contributed by atoms with van der Waals surface area (Å²) in [5.41, 5.74) is 2.01. The topological polar surface area (TPSA) is 36.4 Å². The number of hydrogen-bond acceptors (Lipinski definition) is 5. The van der Waals surface area contributed by atoms with Gasteiger partial charge in [-0.2, -0.15) is 11.8 Å². The first kappa shape index (κ1) is 13.9. The maximum atomic E-state index is 9.59. The number of benzene rings is 1. The maximum Gasteiger partial charge on any atom is 0.186 e. The summed E-state index contributed by atoms with van der Waals surface area (Å²) in [7, 11) is 0. The van der Waals surface area contributed by atoms with Crippen molar-refractivity contribution in [3.8, 4) is 11.3 Å². The van der Waals surface area contributed by atoms with Gasteiger partial charge in [0.05, 0.1) is 17.2 Å². The van der Waals surface area contributed by atoms with Crippen molar-refractivity contribution in [1.29, 1.82) is 0 Å². The van der Waals surface area contributed by atoms with Gasteiger partial charge in [0.2, 0.25) is 0 Å². The van der Waals surface area contributed by atoms with Crippen LogP contribution in [0.1, 0.15) is 11.8 Å². The van der Waals surface area contributed by atoms with Gasteiger partial charge in [-0.25, -0.2) is 4.98 Å². The van der Waals surface area contributed by atoms with Gasteiger partial charge in [-0.15, -0.1) is 0 Å². The first-order valence-electron chi connectivity index (χ1n) is 6.80. The average Bonchev–Trinajstić information content (AvgIpc) is 2.92. The van der Waals surface area contributed by atoms with Gasteiger partial charge in [-0.1, -0.05) is 48.6 Å². The van der Waals surface area contributed by atoms with Crippen molar-refractivity contribution in [3.05, 3.63) is 35.2 Å². The molecule has 1 aliphatic heterocycles. The van der Waals surface area contributed by atoms with E-state index in [1.807, 2.05) is 42.1 Å². The van der Waals surface area contributed by atoms with Crippen molar-refractivity contribution in [3.63, 3.8) is 0 Å². The van der Waals surface area contributed by atoms with Crippen molar-refractivity contribution >= 4 is 28.2 Å². The molecule has 106 valence electrons. The van der Waals surface area contributed by atoms with Crippen LogP contribution < -0.4 is 4.90 Å². The van der Waals surface area contributed by atoms with E-state index in [0.717, 1.165) is 40.1 Å². The number of rotatable bonds is 3. The van der Waals surface area contributed by atoms with E-state index in [4.69, 9.17) is 4.98 Å². The van der Waals surface area contributed by atoms with E-state index in [0.29, 0.717) is 5.25 Å². The molecule has 0 bridgehead atoms. The molecular weight excluding hydrogens is 288 g/mol. The second-order valence-corrected chi connectivity index (χ2v) is 7.53. The molecule has 5 heteroatoms. The zero-order valence-corrected chi connectivity index (χ0v) is 13.1. The van der Waals surface area contributed by atoms with Crippen LogP contribution in [0.2, 0.25) is 0 Å². The summed E-state index contributed by atoms with van der Waals surface area (Å²) < 4.78 is 0. The molecule has 0 aliphatic carbocycles. The molecule has 1 aromatic heterocycles. The number of thiazole rings is 1. The van der Waals surface area contributed by atoms with Crippen molar-refractivity contribution in [2.75, 3.05) is 23.7 Å². The Morgan fingerprint density at radius 1 is 1.35 bits per heavy atom. The summed E-state index contributed by atoms with van der Waals surface area (Å²) in [6.07, 6.45) is 0. The van der Waals surface area contributed by atoms with Crippen molar-refractivity contribution < 1.29 is 5.11 Å². The molecule has 1 saturated heterocycles. The molecule has 0 amide bonds. The summed E-state index contributed by atoms with van der Waals surface area (Å²) in [5.74, 6) is 1.15. The predicted octanol–water partition coefficient (Wildman–Crippen LogP) is 3.24. The number of aliphatic hydroxyl groups is 1. The number of thioether (sulfide) groups is 1. The van der Waals surface area contributed by atoms with Crippen LogP contribution in [0.25, 0.3) is 11.3 Å². The summed E-state index contributed by atoms with van der Waals surface area (Å²) in [5, 5.41) is 11.3. The van der Waals surface area contributed by atoms with Gasteiger partial charge in [0.25, 0.3) is 0 Å². The molecule has 1 aliphatic rings. The van der Waals surface area contributed by atoms with Gasteiger partial charge >= 0.3 is 0 Å². The normalized spacial score (nSPS) is 19.3. The maximum absolute atomic E-state index is 9.59. The highest BCUT2D eigenvalue weighted by Gasteiger charge is 2.21. The molecule has 1 N–H and O–H groups in total. The van der Waals surface area contributed by atoms with Gasteiger partial charge in [-0.05, 0) is 0 Å². The standard InChI is InChI=1S/C15H18N2OS2/c1-11-9-17(7-8-19-11)15-16-14(13(10-18)20-15)12-5-3-2-4-6-12/h2-6,11,18H,7-10H2,1H3. The van der Waals surface area contributed by atoms with E-state index < -0.39 is 0 Å². The Hall–Kier alpha value is -1.04. The molecule has 1 fully saturated rings. The first-order valence-corrected chi connectivity index (χ1v) is 8.67. The zero-order valence-electron chi connectivity index (χ0n) is 11.5. The molecule has 20 heavy (non-hydrogen) atoms. The molecule has 0 radical (unpaired) electrons. The predicted molar refractivity (Wildman–Crippen MR) is 87.6 cm³/mol. The molecule has 2 aromatic rings. The molecule has 3 rings (SSSR count). The monoisotopic (exact) mass is 306 g/mol. The number of aromatic nitrogens is 1. The van der Waals surface area contributed by atoms with Gasteiger partial charge in [0, 0.05) is 29.7 Å². The number of aliphatic hydroxyl groups excluding tert-OH is 1. The summed E-state index contributed by atoms with van der Waals surface area (Å²) in [6.45, 7) is 4.40. The third-order valence-corrected chi connectivity index (χ3v) is 5.63. The SMILES string of the molecule is CC1CN(c2nc(-c3ccccc3)c(CO)s2)CCS1. The smallest absolute Gasteiger partial charge is 0.186 e. The van der Waals surface area contributed by atoms with Gasteiger partial charge < -0.3 is 10.0 Å². The number of hydrogen-bond donors (Lipinski definition) is 1. The lowest BCUT2D eigenvalue weighted by Crippen LogP contribution is -2.36. The molecule has 3 nitrogen and oxygen atoms in total. The second-order valence-electron chi connectivity index (χ2n) is 4.92. The third kappa shape index (κ3) is 2.85. The molecule has 0 spiro atoms. The lowest BCUT2D eigenvalue weighted by molar-refractivity contribution is 0.286. The number of anilines is 1. The van der Waals surface area contributed by atoms with Gasteiger partial charge in [0.1, 0.15) is 0 Å². The molecule has 2 heterocycles. The van der Waals surface area contributed by atoms with Crippen molar-refractivity contribution in [1.82, 2.24) is 4.98 Å². The Bertz CT molecular complexity index is 571. The van der Waals surface area contributed by atoms with Gasteiger partial charge in [0.15, 0.2) is 5.13 Å². The summed E-state index contributed by atoms with van der Waals surface area (Å²) in [4.78, 5) is 8.08. The Morgan fingerprint density at radius 3 is 2.85 bits per heavy atom. The first-order chi connectivity index (χ1) is 9.78. The second kappa shape index (κ2) is 6.16. The molecule has 1 atom stereocenters.